The fourth-order valence-corrected chi connectivity index (χ4v) is 2.98. The number of anilines is 1. The lowest BCUT2D eigenvalue weighted by Gasteiger charge is -2.08. The van der Waals surface area contributed by atoms with Gasteiger partial charge in [-0.15, -0.1) is 0 Å². The van der Waals surface area contributed by atoms with Gasteiger partial charge in [0.25, 0.3) is 0 Å². The van der Waals surface area contributed by atoms with Gasteiger partial charge in [0.1, 0.15) is 5.82 Å². The van der Waals surface area contributed by atoms with Crippen molar-refractivity contribution in [3.63, 3.8) is 0 Å². The third-order valence-electron chi connectivity index (χ3n) is 2.07. The minimum Gasteiger partial charge on any atom is -0.491 e. The first kappa shape index (κ1) is 13.1. The third-order valence-corrected chi connectivity index (χ3v) is 3.99. The highest BCUT2D eigenvalue weighted by Crippen LogP contribution is 2.36. The van der Waals surface area contributed by atoms with Gasteiger partial charge in [0, 0.05) is 16.6 Å². The molecule has 0 unspecified atom stereocenters. The minimum atomic E-state index is -0.452. The molecule has 2 rings (SSSR count). The molecule has 1 heterocycles. The van der Waals surface area contributed by atoms with Crippen molar-refractivity contribution in [1.29, 1.82) is 0 Å². The van der Waals surface area contributed by atoms with Crippen molar-refractivity contribution in [2.24, 2.45) is 0 Å². The Balaban J connectivity index is 2.29. The van der Waals surface area contributed by atoms with E-state index < -0.39 is 5.82 Å². The van der Waals surface area contributed by atoms with Crippen LogP contribution in [0, 0.1) is 12.7 Å². The number of aromatic nitrogens is 2. The molecular formula is C11H12FN3OS2. The van der Waals surface area contributed by atoms with Crippen molar-refractivity contribution in [2.75, 3.05) is 12.3 Å². The Morgan fingerprint density at radius 2 is 2.28 bits per heavy atom. The Labute approximate surface area is 113 Å². The van der Waals surface area contributed by atoms with E-state index in [1.165, 1.54) is 29.4 Å². The van der Waals surface area contributed by atoms with E-state index in [4.69, 9.17) is 10.5 Å². The van der Waals surface area contributed by atoms with E-state index in [0.717, 1.165) is 9.24 Å². The monoisotopic (exact) mass is 285 g/mol. The van der Waals surface area contributed by atoms with Gasteiger partial charge in [-0.25, -0.2) is 9.37 Å². The van der Waals surface area contributed by atoms with E-state index in [1.54, 1.807) is 13.0 Å². The molecule has 4 nitrogen and oxygen atoms in total. The van der Waals surface area contributed by atoms with Crippen LogP contribution >= 0.6 is 23.3 Å². The lowest BCUT2D eigenvalue weighted by atomic mass is 10.3. The van der Waals surface area contributed by atoms with Crippen molar-refractivity contribution in [1.82, 2.24) is 9.36 Å². The van der Waals surface area contributed by atoms with E-state index in [9.17, 15) is 4.39 Å². The molecule has 0 bridgehead atoms. The van der Waals surface area contributed by atoms with Crippen LogP contribution in [0.4, 0.5) is 10.1 Å². The standard InChI is InChI=1S/C11H12FN3OS2/c1-3-16-9-5-10(8(13)4-7(9)12)17-11-14-6(2)15-18-11/h4-5H,3,13H2,1-2H3. The molecule has 1 aromatic carbocycles. The maximum Gasteiger partial charge on any atom is 0.174 e. The molecule has 0 aliphatic carbocycles. The smallest absolute Gasteiger partial charge is 0.174 e. The van der Waals surface area contributed by atoms with Crippen LogP contribution in [-0.2, 0) is 0 Å². The van der Waals surface area contributed by atoms with Crippen LogP contribution in [0.3, 0.4) is 0 Å². The molecule has 0 saturated heterocycles. The average Bonchev–Trinajstić information content (AvgIpc) is 2.71. The van der Waals surface area contributed by atoms with Crippen LogP contribution in [0.2, 0.25) is 0 Å². The van der Waals surface area contributed by atoms with Crippen LogP contribution in [0.1, 0.15) is 12.7 Å². The van der Waals surface area contributed by atoms with Crippen molar-refractivity contribution < 1.29 is 9.13 Å². The molecule has 0 saturated carbocycles. The molecule has 2 N–H and O–H groups in total. The quantitative estimate of drug-likeness (QED) is 0.875. The predicted molar refractivity (Wildman–Crippen MR) is 70.8 cm³/mol. The summed E-state index contributed by atoms with van der Waals surface area (Å²) < 4.78 is 23.6. The predicted octanol–water partition coefficient (Wildman–Crippen LogP) is 3.12. The maximum absolute atomic E-state index is 13.5. The molecule has 0 aliphatic rings. The molecule has 0 amide bonds. The Bertz CT molecular complexity index is 559. The van der Waals surface area contributed by atoms with Gasteiger partial charge in [-0.2, -0.15) is 4.37 Å². The number of hydrogen-bond donors (Lipinski definition) is 1. The number of aryl methyl sites for hydroxylation is 1. The van der Waals surface area contributed by atoms with Gasteiger partial charge in [-0.1, -0.05) is 11.8 Å². The van der Waals surface area contributed by atoms with Crippen molar-refractivity contribution in [3.05, 3.63) is 23.8 Å². The first-order valence-electron chi connectivity index (χ1n) is 5.30. The normalized spacial score (nSPS) is 10.6. The molecule has 0 radical (unpaired) electrons. The number of nitrogens with two attached hydrogens (primary N) is 1. The van der Waals surface area contributed by atoms with Gasteiger partial charge < -0.3 is 10.5 Å². The fraction of sp³-hybridized carbons (Fsp3) is 0.273. The summed E-state index contributed by atoms with van der Waals surface area (Å²) >= 11 is 2.65. The highest BCUT2D eigenvalue weighted by Gasteiger charge is 2.12. The summed E-state index contributed by atoms with van der Waals surface area (Å²) in [6, 6.07) is 2.86. The summed E-state index contributed by atoms with van der Waals surface area (Å²) in [5.74, 6) is 0.468. The van der Waals surface area contributed by atoms with E-state index in [2.05, 4.69) is 9.36 Å². The third kappa shape index (κ3) is 2.91. The number of nitrogen functional groups attached to an aromatic ring is 1. The van der Waals surface area contributed by atoms with E-state index >= 15 is 0 Å². The van der Waals surface area contributed by atoms with Gasteiger partial charge in [0.05, 0.1) is 6.61 Å². The second-order valence-corrected chi connectivity index (χ2v) is 5.50. The summed E-state index contributed by atoms with van der Waals surface area (Å²) in [6.45, 7) is 4.03. The van der Waals surface area contributed by atoms with Crippen LogP contribution in [-0.4, -0.2) is 16.0 Å². The van der Waals surface area contributed by atoms with Crippen LogP contribution in [0.5, 0.6) is 5.75 Å². The zero-order chi connectivity index (χ0) is 13.1. The number of ether oxygens (including phenoxy) is 1. The summed E-state index contributed by atoms with van der Waals surface area (Å²) in [6.07, 6.45) is 0. The molecule has 0 fully saturated rings. The van der Waals surface area contributed by atoms with Gasteiger partial charge in [0.15, 0.2) is 15.9 Å². The van der Waals surface area contributed by atoms with E-state index in [1.807, 2.05) is 6.92 Å². The Kier molecular flexibility index (Phi) is 4.03. The summed E-state index contributed by atoms with van der Waals surface area (Å²) in [7, 11) is 0. The van der Waals surface area contributed by atoms with Gasteiger partial charge in [-0.05, 0) is 31.4 Å². The maximum atomic E-state index is 13.5. The van der Waals surface area contributed by atoms with Crippen molar-refractivity contribution in [2.45, 2.75) is 23.1 Å². The molecule has 0 aliphatic heterocycles. The zero-order valence-electron chi connectivity index (χ0n) is 9.94. The average molecular weight is 285 g/mol. The van der Waals surface area contributed by atoms with E-state index in [-0.39, 0.29) is 5.75 Å². The molecule has 1 aromatic heterocycles. The number of halogens is 1. The van der Waals surface area contributed by atoms with E-state index in [0.29, 0.717) is 18.1 Å². The number of benzene rings is 1. The molecule has 18 heavy (non-hydrogen) atoms. The van der Waals surface area contributed by atoms with Crippen LogP contribution < -0.4 is 10.5 Å². The molecule has 96 valence electrons. The second kappa shape index (κ2) is 5.53. The fourth-order valence-electron chi connectivity index (χ4n) is 1.32. The summed E-state index contributed by atoms with van der Waals surface area (Å²) in [5, 5.41) is 0. The molecular weight excluding hydrogens is 273 g/mol. The molecule has 7 heteroatoms. The van der Waals surface area contributed by atoms with Gasteiger partial charge >= 0.3 is 0 Å². The largest absolute Gasteiger partial charge is 0.491 e. The topological polar surface area (TPSA) is 61.0 Å². The molecule has 0 spiro atoms. The Morgan fingerprint density at radius 3 is 2.89 bits per heavy atom. The minimum absolute atomic E-state index is 0.204. The van der Waals surface area contributed by atoms with Crippen LogP contribution in [0.25, 0.3) is 0 Å². The lowest BCUT2D eigenvalue weighted by Crippen LogP contribution is -1.97. The molecule has 0 atom stereocenters. The Morgan fingerprint density at radius 1 is 1.50 bits per heavy atom. The summed E-state index contributed by atoms with van der Waals surface area (Å²) in [5.41, 5.74) is 6.15. The SMILES string of the molecule is CCOc1cc(Sc2nc(C)ns2)c(N)cc1F. The van der Waals surface area contributed by atoms with Gasteiger partial charge in [0.2, 0.25) is 0 Å². The first-order valence-corrected chi connectivity index (χ1v) is 6.89. The Hall–Kier alpha value is -1.34. The number of nitrogens with zero attached hydrogens (tertiary/aromatic N) is 2. The second-order valence-electron chi connectivity index (χ2n) is 3.46. The molecule has 2 aromatic rings. The zero-order valence-corrected chi connectivity index (χ0v) is 11.6. The van der Waals surface area contributed by atoms with Crippen LogP contribution in [0.15, 0.2) is 21.4 Å². The van der Waals surface area contributed by atoms with Crippen molar-refractivity contribution in [3.8, 4) is 5.75 Å². The highest BCUT2D eigenvalue weighted by atomic mass is 32.2. The number of hydrogen-bond acceptors (Lipinski definition) is 6. The highest BCUT2D eigenvalue weighted by molar-refractivity contribution is 8.01. The number of rotatable bonds is 4. The first-order chi connectivity index (χ1) is 8.60. The summed E-state index contributed by atoms with van der Waals surface area (Å²) in [4.78, 5) is 4.94. The van der Waals surface area contributed by atoms with Gasteiger partial charge in [-0.3, -0.25) is 0 Å². The van der Waals surface area contributed by atoms with Crippen molar-refractivity contribution >= 4 is 29.0 Å². The lowest BCUT2D eigenvalue weighted by molar-refractivity contribution is 0.321.